The first-order valence-corrected chi connectivity index (χ1v) is 15.3. The van der Waals surface area contributed by atoms with Crippen LogP contribution in [0.1, 0.15) is 0 Å². The Kier molecular flexibility index (Phi) is 5.82. The summed E-state index contributed by atoms with van der Waals surface area (Å²) in [5.41, 5.74) is 10.9. The Morgan fingerprint density at radius 2 is 1.07 bits per heavy atom. The van der Waals surface area contributed by atoms with Crippen LogP contribution < -0.4 is 4.90 Å². The Morgan fingerprint density at radius 3 is 1.87 bits per heavy atom. The largest absolute Gasteiger partial charge is 0.456 e. The normalized spacial score (nSPS) is 11.6. The highest BCUT2D eigenvalue weighted by molar-refractivity contribution is 6.13. The highest BCUT2D eigenvalue weighted by Crippen LogP contribution is 2.46. The van der Waals surface area contributed by atoms with Crippen LogP contribution in [0, 0.1) is 0 Å². The Balaban J connectivity index is 1.40. The van der Waals surface area contributed by atoms with Crippen molar-refractivity contribution in [2.24, 2.45) is 0 Å². The summed E-state index contributed by atoms with van der Waals surface area (Å²) < 4.78 is 8.61. The lowest BCUT2D eigenvalue weighted by Gasteiger charge is -2.28. The predicted octanol–water partition coefficient (Wildman–Crippen LogP) is 11.8. The van der Waals surface area contributed by atoms with Gasteiger partial charge in [0.05, 0.1) is 16.7 Å². The van der Waals surface area contributed by atoms with E-state index in [-0.39, 0.29) is 0 Å². The fraction of sp³-hybridized carbons (Fsp3) is 0. The fourth-order valence-electron chi connectivity index (χ4n) is 6.75. The van der Waals surface area contributed by atoms with Gasteiger partial charge in [-0.15, -0.1) is 0 Å². The molecule has 0 aliphatic heterocycles. The number of aromatic nitrogens is 1. The van der Waals surface area contributed by atoms with Gasteiger partial charge in [0.25, 0.3) is 0 Å². The number of hydrogen-bond acceptors (Lipinski definition) is 2. The molecule has 2 heterocycles. The third kappa shape index (κ3) is 4.13. The molecule has 0 radical (unpaired) electrons. The molecule has 0 saturated heterocycles. The topological polar surface area (TPSA) is 21.3 Å². The number of furan rings is 1. The molecule has 0 unspecified atom stereocenters. The maximum Gasteiger partial charge on any atom is 0.135 e. The quantitative estimate of drug-likeness (QED) is 0.203. The van der Waals surface area contributed by atoms with Crippen LogP contribution in [0.15, 0.2) is 174 Å². The summed E-state index contributed by atoms with van der Waals surface area (Å²) in [5.74, 6) is 0. The van der Waals surface area contributed by atoms with Crippen molar-refractivity contribution < 1.29 is 4.42 Å². The van der Waals surface area contributed by atoms with Gasteiger partial charge < -0.3 is 13.9 Å². The number of benzene rings is 7. The fourth-order valence-corrected chi connectivity index (χ4v) is 6.75. The smallest absolute Gasteiger partial charge is 0.135 e. The van der Waals surface area contributed by atoms with Gasteiger partial charge in [0, 0.05) is 44.2 Å². The van der Waals surface area contributed by atoms with Gasteiger partial charge in [0.1, 0.15) is 11.2 Å². The number of anilines is 3. The van der Waals surface area contributed by atoms with E-state index in [9.17, 15) is 0 Å². The van der Waals surface area contributed by atoms with Crippen molar-refractivity contribution in [3.63, 3.8) is 0 Å². The van der Waals surface area contributed by atoms with E-state index in [1.807, 2.05) is 12.1 Å². The molecule has 45 heavy (non-hydrogen) atoms. The Labute approximate surface area is 260 Å². The molecule has 0 aliphatic carbocycles. The van der Waals surface area contributed by atoms with E-state index < -0.39 is 0 Å². The van der Waals surface area contributed by atoms with Crippen LogP contribution in [0.3, 0.4) is 0 Å². The maximum atomic E-state index is 6.23. The molecule has 0 fully saturated rings. The van der Waals surface area contributed by atoms with E-state index in [4.69, 9.17) is 4.42 Å². The molecule has 9 rings (SSSR count). The molecular weight excluding hydrogens is 548 g/mol. The molecule has 0 spiro atoms. The van der Waals surface area contributed by atoms with Crippen LogP contribution in [0.4, 0.5) is 17.1 Å². The second-order valence-electron chi connectivity index (χ2n) is 11.4. The molecule has 3 heteroatoms. The summed E-state index contributed by atoms with van der Waals surface area (Å²) in [6.45, 7) is 0. The molecular formula is C42H28N2O. The number of hydrogen-bond donors (Lipinski definition) is 0. The molecule has 0 saturated carbocycles. The van der Waals surface area contributed by atoms with E-state index in [0.29, 0.717) is 0 Å². The summed E-state index contributed by atoms with van der Waals surface area (Å²) in [6.07, 6.45) is 0. The van der Waals surface area contributed by atoms with Gasteiger partial charge in [-0.05, 0) is 72.3 Å². The van der Waals surface area contributed by atoms with Gasteiger partial charge in [-0.3, -0.25) is 0 Å². The third-order valence-corrected chi connectivity index (χ3v) is 8.76. The summed E-state index contributed by atoms with van der Waals surface area (Å²) in [5, 5.41) is 4.68. The number of nitrogens with zero attached hydrogens (tertiary/aromatic N) is 2. The minimum atomic E-state index is 0.885. The first-order chi connectivity index (χ1) is 22.3. The SMILES string of the molecule is c1ccc(-c2cc3c4ccccc4n(-c4ccccc4)c3cc2N(c2ccccc2)c2ccc3oc4ccccc4c3c2)cc1. The zero-order valence-electron chi connectivity index (χ0n) is 24.5. The zero-order valence-corrected chi connectivity index (χ0v) is 24.5. The van der Waals surface area contributed by atoms with Crippen molar-refractivity contribution in [3.8, 4) is 16.8 Å². The average Bonchev–Trinajstić information content (AvgIpc) is 3.64. The van der Waals surface area contributed by atoms with Crippen molar-refractivity contribution in [3.05, 3.63) is 170 Å². The lowest BCUT2D eigenvalue weighted by molar-refractivity contribution is 0.669. The van der Waals surface area contributed by atoms with Gasteiger partial charge in [-0.2, -0.15) is 0 Å². The van der Waals surface area contributed by atoms with Gasteiger partial charge in [0.2, 0.25) is 0 Å². The van der Waals surface area contributed by atoms with Gasteiger partial charge >= 0.3 is 0 Å². The minimum Gasteiger partial charge on any atom is -0.456 e. The highest BCUT2D eigenvalue weighted by Gasteiger charge is 2.22. The van der Waals surface area contributed by atoms with Gasteiger partial charge in [0.15, 0.2) is 0 Å². The molecule has 0 bridgehead atoms. The zero-order chi connectivity index (χ0) is 29.7. The van der Waals surface area contributed by atoms with Crippen LogP contribution in [-0.2, 0) is 0 Å². The number of para-hydroxylation sites is 4. The van der Waals surface area contributed by atoms with E-state index >= 15 is 0 Å². The molecule has 2 aromatic heterocycles. The van der Waals surface area contributed by atoms with Gasteiger partial charge in [-0.25, -0.2) is 0 Å². The average molecular weight is 577 g/mol. The van der Waals surface area contributed by atoms with E-state index in [2.05, 4.69) is 167 Å². The second-order valence-corrected chi connectivity index (χ2v) is 11.4. The summed E-state index contributed by atoms with van der Waals surface area (Å²) in [7, 11) is 0. The Morgan fingerprint density at radius 1 is 0.422 bits per heavy atom. The number of rotatable bonds is 5. The maximum absolute atomic E-state index is 6.23. The van der Waals surface area contributed by atoms with E-state index in [1.54, 1.807) is 0 Å². The first kappa shape index (κ1) is 25.4. The third-order valence-electron chi connectivity index (χ3n) is 8.76. The van der Waals surface area contributed by atoms with Crippen LogP contribution in [0.5, 0.6) is 0 Å². The molecule has 0 atom stereocenters. The predicted molar refractivity (Wildman–Crippen MR) is 188 cm³/mol. The lowest BCUT2D eigenvalue weighted by atomic mass is 9.98. The highest BCUT2D eigenvalue weighted by atomic mass is 16.3. The molecule has 0 aliphatic rings. The van der Waals surface area contributed by atoms with Crippen LogP contribution in [-0.4, -0.2) is 4.57 Å². The van der Waals surface area contributed by atoms with Crippen LogP contribution in [0.25, 0.3) is 60.6 Å². The van der Waals surface area contributed by atoms with Crippen molar-refractivity contribution in [1.29, 1.82) is 0 Å². The van der Waals surface area contributed by atoms with Crippen molar-refractivity contribution >= 4 is 60.8 Å². The van der Waals surface area contributed by atoms with E-state index in [1.165, 1.54) is 27.4 Å². The summed E-state index contributed by atoms with van der Waals surface area (Å²) >= 11 is 0. The monoisotopic (exact) mass is 576 g/mol. The van der Waals surface area contributed by atoms with Crippen molar-refractivity contribution in [2.45, 2.75) is 0 Å². The molecule has 7 aromatic carbocycles. The molecule has 0 amide bonds. The lowest BCUT2D eigenvalue weighted by Crippen LogP contribution is -2.11. The number of fused-ring (bicyclic) bond motifs is 6. The molecule has 212 valence electrons. The van der Waals surface area contributed by atoms with Crippen molar-refractivity contribution in [2.75, 3.05) is 4.90 Å². The first-order valence-electron chi connectivity index (χ1n) is 15.3. The second kappa shape index (κ2) is 10.3. The summed E-state index contributed by atoms with van der Waals surface area (Å²) in [6, 6.07) is 60.3. The molecule has 9 aromatic rings. The van der Waals surface area contributed by atoms with Crippen LogP contribution in [0.2, 0.25) is 0 Å². The molecule has 0 N–H and O–H groups in total. The minimum absolute atomic E-state index is 0.885. The summed E-state index contributed by atoms with van der Waals surface area (Å²) in [4.78, 5) is 2.38. The Hall–Kier alpha value is -6.06. The van der Waals surface area contributed by atoms with Crippen LogP contribution >= 0.6 is 0 Å². The van der Waals surface area contributed by atoms with E-state index in [0.717, 1.165) is 50.2 Å². The standard InChI is InChI=1S/C42H28N2O/c1-4-14-29(15-5-1)35-27-36-33-20-10-12-22-38(33)44(31-18-8-3-9-19-31)40(36)28-39(35)43(30-16-6-2-7-17-30)32-24-25-42-37(26-32)34-21-11-13-23-41(34)45-42/h1-28H. The van der Waals surface area contributed by atoms with Crippen molar-refractivity contribution in [1.82, 2.24) is 4.57 Å². The molecule has 3 nitrogen and oxygen atoms in total. The Bertz CT molecular complexity index is 2470. The van der Waals surface area contributed by atoms with Gasteiger partial charge in [-0.1, -0.05) is 103 Å².